The summed E-state index contributed by atoms with van der Waals surface area (Å²) in [6.07, 6.45) is 1.69. The summed E-state index contributed by atoms with van der Waals surface area (Å²) < 4.78 is 32.9. The van der Waals surface area contributed by atoms with Crippen LogP contribution in [0.2, 0.25) is 5.15 Å². The largest absolute Gasteiger partial charge is 0.456 e. The number of nitrogens with two attached hydrogens (primary N) is 1. The van der Waals surface area contributed by atoms with Crippen molar-refractivity contribution in [2.24, 2.45) is 11.8 Å². The van der Waals surface area contributed by atoms with Gasteiger partial charge in [-0.2, -0.15) is 4.98 Å². The second-order valence-corrected chi connectivity index (χ2v) is 8.18. The highest BCUT2D eigenvalue weighted by Crippen LogP contribution is 2.44. The molecule has 1 fully saturated rings. The predicted molar refractivity (Wildman–Crippen MR) is 108 cm³/mol. The number of hydrogen-bond donors (Lipinski definition) is 3. The topological polar surface area (TPSA) is 97.2 Å². The van der Waals surface area contributed by atoms with Gasteiger partial charge in [0, 0.05) is 23.6 Å². The highest BCUT2D eigenvalue weighted by atomic mass is 35.5. The molecular weight excluding hydrogens is 402 g/mol. The third-order valence-electron chi connectivity index (χ3n) is 6.07. The molecule has 0 radical (unpaired) electrons. The van der Waals surface area contributed by atoms with Gasteiger partial charge in [-0.3, -0.25) is 0 Å². The van der Waals surface area contributed by atoms with Crippen LogP contribution in [0, 0.1) is 23.5 Å². The molecule has 1 aromatic carbocycles. The van der Waals surface area contributed by atoms with Gasteiger partial charge < -0.3 is 20.6 Å². The zero-order chi connectivity index (χ0) is 20.9. The second kappa shape index (κ2) is 7.11. The van der Waals surface area contributed by atoms with Crippen molar-refractivity contribution in [3.8, 4) is 11.3 Å². The monoisotopic (exact) mass is 422 g/mol. The fourth-order valence-electron chi connectivity index (χ4n) is 4.10. The summed E-state index contributed by atoms with van der Waals surface area (Å²) in [5.41, 5.74) is 5.98. The van der Waals surface area contributed by atoms with Crippen molar-refractivity contribution in [3.05, 3.63) is 35.0 Å². The first-order chi connectivity index (χ1) is 13.7. The molecule has 1 aliphatic rings. The van der Waals surface area contributed by atoms with E-state index in [9.17, 15) is 13.9 Å². The van der Waals surface area contributed by atoms with Crippen LogP contribution in [0.4, 0.5) is 20.5 Å². The summed E-state index contributed by atoms with van der Waals surface area (Å²) in [6, 6.07) is 3.60. The van der Waals surface area contributed by atoms with E-state index in [1.807, 2.05) is 6.92 Å². The Morgan fingerprint density at radius 3 is 2.72 bits per heavy atom. The maximum atomic E-state index is 13.6. The maximum Gasteiger partial charge on any atom is 0.223 e. The van der Waals surface area contributed by atoms with Crippen molar-refractivity contribution in [2.45, 2.75) is 32.2 Å². The molecule has 0 amide bonds. The number of anilines is 2. The number of nitrogens with zero attached hydrogens (tertiary/aromatic N) is 2. The molecule has 3 atom stereocenters. The van der Waals surface area contributed by atoms with E-state index in [4.69, 9.17) is 21.8 Å². The maximum absolute atomic E-state index is 13.6. The number of aliphatic hydroxyl groups is 1. The molecule has 2 heterocycles. The molecule has 1 aliphatic carbocycles. The van der Waals surface area contributed by atoms with Gasteiger partial charge in [0.2, 0.25) is 5.95 Å². The number of aliphatic hydroxyl groups excluding tert-OH is 1. The smallest absolute Gasteiger partial charge is 0.223 e. The lowest BCUT2D eigenvalue weighted by atomic mass is 9.86. The molecule has 3 unspecified atom stereocenters. The molecule has 2 aromatic heterocycles. The van der Waals surface area contributed by atoms with Gasteiger partial charge in [0.1, 0.15) is 22.3 Å². The van der Waals surface area contributed by atoms with E-state index in [-0.39, 0.29) is 46.4 Å². The van der Waals surface area contributed by atoms with Gasteiger partial charge in [0.15, 0.2) is 11.6 Å². The van der Waals surface area contributed by atoms with E-state index in [0.717, 1.165) is 25.0 Å². The first-order valence-electron chi connectivity index (χ1n) is 9.33. The van der Waals surface area contributed by atoms with Crippen LogP contribution < -0.4 is 11.1 Å². The van der Waals surface area contributed by atoms with Gasteiger partial charge in [0.25, 0.3) is 0 Å². The van der Waals surface area contributed by atoms with Crippen molar-refractivity contribution in [3.63, 3.8) is 0 Å². The third kappa shape index (κ3) is 3.40. The molecule has 9 heteroatoms. The van der Waals surface area contributed by atoms with Crippen LogP contribution in [-0.2, 0) is 0 Å². The zero-order valence-electron chi connectivity index (χ0n) is 16.0. The summed E-state index contributed by atoms with van der Waals surface area (Å²) in [5.74, 6) is -1.01. The minimum Gasteiger partial charge on any atom is -0.456 e. The van der Waals surface area contributed by atoms with Gasteiger partial charge in [-0.15, -0.1) is 0 Å². The van der Waals surface area contributed by atoms with Crippen LogP contribution in [0.1, 0.15) is 26.7 Å². The quantitative estimate of drug-likeness (QED) is 0.531. The number of nitrogens with one attached hydrogen (secondary N) is 1. The SMILES string of the molecule is CC1C(CO)CCC1(C)Nc1nc(N)nc(Cl)c1-c1cc2cc(F)c(F)cc2o1. The number of hydrogen-bond acceptors (Lipinski definition) is 6. The lowest BCUT2D eigenvalue weighted by Crippen LogP contribution is -2.40. The number of nitrogen functional groups attached to an aromatic ring is 1. The summed E-state index contributed by atoms with van der Waals surface area (Å²) in [4.78, 5) is 8.32. The van der Waals surface area contributed by atoms with Gasteiger partial charge in [-0.25, -0.2) is 13.8 Å². The van der Waals surface area contributed by atoms with E-state index in [0.29, 0.717) is 16.8 Å². The molecule has 4 rings (SSSR count). The molecule has 0 saturated heterocycles. The standard InChI is InChI=1S/C20H21ClF2N4O2/c1-9-10(8-28)3-4-20(9,2)27-18-16(17(21)25-19(24)26-18)15-6-11-5-12(22)13(23)7-14(11)29-15/h5-7,9-10,28H,3-4,8H2,1-2H3,(H3,24,25,26,27). The molecule has 4 N–H and O–H groups in total. The van der Waals surface area contributed by atoms with E-state index < -0.39 is 11.6 Å². The van der Waals surface area contributed by atoms with Gasteiger partial charge in [0.05, 0.1) is 5.56 Å². The van der Waals surface area contributed by atoms with Crippen LogP contribution in [0.5, 0.6) is 0 Å². The van der Waals surface area contributed by atoms with E-state index in [1.165, 1.54) is 0 Å². The van der Waals surface area contributed by atoms with Crippen molar-refractivity contribution in [1.82, 2.24) is 9.97 Å². The number of furan rings is 1. The first kappa shape index (κ1) is 19.8. The lowest BCUT2D eigenvalue weighted by molar-refractivity contribution is 0.187. The summed E-state index contributed by atoms with van der Waals surface area (Å²) in [5, 5.41) is 13.5. The summed E-state index contributed by atoms with van der Waals surface area (Å²) in [6.45, 7) is 4.23. The van der Waals surface area contributed by atoms with E-state index in [2.05, 4.69) is 22.2 Å². The molecule has 3 aromatic rings. The number of aromatic nitrogens is 2. The lowest BCUT2D eigenvalue weighted by Gasteiger charge is -2.33. The predicted octanol–water partition coefficient (Wildman–Crippen LogP) is 4.61. The average Bonchev–Trinajstić information content (AvgIpc) is 3.15. The third-order valence-corrected chi connectivity index (χ3v) is 6.35. The first-order valence-corrected chi connectivity index (χ1v) is 9.70. The van der Waals surface area contributed by atoms with Crippen LogP contribution in [-0.4, -0.2) is 27.2 Å². The molecule has 0 spiro atoms. The van der Waals surface area contributed by atoms with Crippen molar-refractivity contribution in [2.75, 3.05) is 17.7 Å². The normalized spacial score (nSPS) is 24.3. The molecule has 6 nitrogen and oxygen atoms in total. The average molecular weight is 423 g/mol. The fourth-order valence-corrected chi connectivity index (χ4v) is 4.36. The Hall–Kier alpha value is -2.45. The number of rotatable bonds is 4. The minimum absolute atomic E-state index is 0.0117. The minimum atomic E-state index is -1.00. The van der Waals surface area contributed by atoms with Crippen LogP contribution in [0.25, 0.3) is 22.3 Å². The van der Waals surface area contributed by atoms with Gasteiger partial charge >= 0.3 is 0 Å². The Morgan fingerprint density at radius 2 is 2.03 bits per heavy atom. The zero-order valence-corrected chi connectivity index (χ0v) is 16.7. The van der Waals surface area contributed by atoms with E-state index in [1.54, 1.807) is 6.07 Å². The molecule has 154 valence electrons. The van der Waals surface area contributed by atoms with Crippen LogP contribution in [0.15, 0.2) is 22.6 Å². The highest BCUT2D eigenvalue weighted by molar-refractivity contribution is 6.32. The molecule has 0 bridgehead atoms. The Morgan fingerprint density at radius 1 is 1.31 bits per heavy atom. The summed E-state index contributed by atoms with van der Waals surface area (Å²) in [7, 11) is 0. The second-order valence-electron chi connectivity index (χ2n) is 7.82. The van der Waals surface area contributed by atoms with E-state index >= 15 is 0 Å². The Kier molecular flexibility index (Phi) is 4.86. The number of benzene rings is 1. The number of halogens is 3. The van der Waals surface area contributed by atoms with Crippen LogP contribution >= 0.6 is 11.6 Å². The molecule has 29 heavy (non-hydrogen) atoms. The fraction of sp³-hybridized carbons (Fsp3) is 0.400. The highest BCUT2D eigenvalue weighted by Gasteiger charge is 2.43. The van der Waals surface area contributed by atoms with Gasteiger partial charge in [-0.05, 0) is 43.7 Å². The van der Waals surface area contributed by atoms with Crippen molar-refractivity contribution < 1.29 is 18.3 Å². The molecular formula is C20H21ClF2N4O2. The number of fused-ring (bicyclic) bond motifs is 1. The van der Waals surface area contributed by atoms with Crippen molar-refractivity contribution in [1.29, 1.82) is 0 Å². The Labute approximate surface area is 171 Å². The molecule has 1 saturated carbocycles. The Bertz CT molecular complexity index is 1050. The summed E-state index contributed by atoms with van der Waals surface area (Å²) >= 11 is 6.36. The van der Waals surface area contributed by atoms with Crippen molar-refractivity contribution >= 4 is 34.3 Å². The van der Waals surface area contributed by atoms with Gasteiger partial charge in [-0.1, -0.05) is 18.5 Å². The Balaban J connectivity index is 1.81. The molecule has 0 aliphatic heterocycles. The van der Waals surface area contributed by atoms with Crippen LogP contribution in [0.3, 0.4) is 0 Å².